The first-order valence-electron chi connectivity index (χ1n) is 6.66. The summed E-state index contributed by atoms with van der Waals surface area (Å²) in [5.41, 5.74) is 6.40. The Balaban J connectivity index is 2.54. The van der Waals surface area contributed by atoms with Gasteiger partial charge >= 0.3 is 0 Å². The minimum atomic E-state index is -1.35. The average Bonchev–Trinajstić information content (AvgIpc) is 2.91. The molecule has 0 bridgehead atoms. The van der Waals surface area contributed by atoms with Crippen LogP contribution < -0.4 is 5.73 Å². The standard InChI is InChI=1S/C14H22F2N2O/c1-2-11(9-12(16)5-6-15)10-13(17)14(19)18-7-3-4-8-18/h2,9,12-13H,1,3-8,10,17H2/b11-9+/t12?,13-/m0/s1. The summed E-state index contributed by atoms with van der Waals surface area (Å²) in [5, 5.41) is 0. The Kier molecular flexibility index (Phi) is 6.70. The number of amides is 1. The molecular weight excluding hydrogens is 250 g/mol. The second-order valence-corrected chi connectivity index (χ2v) is 4.78. The molecule has 5 heteroatoms. The minimum Gasteiger partial charge on any atom is -0.341 e. The third-order valence-corrected chi connectivity index (χ3v) is 3.23. The summed E-state index contributed by atoms with van der Waals surface area (Å²) in [7, 11) is 0. The van der Waals surface area contributed by atoms with Gasteiger partial charge in [-0.25, -0.2) is 4.39 Å². The molecule has 1 heterocycles. The Labute approximate surface area is 113 Å². The molecule has 108 valence electrons. The van der Waals surface area contributed by atoms with Crippen molar-refractivity contribution in [2.45, 2.75) is 37.9 Å². The van der Waals surface area contributed by atoms with Crippen LogP contribution in [0, 0.1) is 0 Å². The van der Waals surface area contributed by atoms with Gasteiger partial charge in [0, 0.05) is 19.5 Å². The highest BCUT2D eigenvalue weighted by atomic mass is 19.1. The molecule has 0 radical (unpaired) electrons. The normalized spacial score (nSPS) is 19.3. The predicted molar refractivity (Wildman–Crippen MR) is 72.2 cm³/mol. The van der Waals surface area contributed by atoms with Gasteiger partial charge in [0.05, 0.1) is 12.7 Å². The van der Waals surface area contributed by atoms with E-state index in [2.05, 4.69) is 6.58 Å². The van der Waals surface area contributed by atoms with Crippen LogP contribution in [0.5, 0.6) is 0 Å². The van der Waals surface area contributed by atoms with E-state index >= 15 is 0 Å². The molecule has 0 aliphatic carbocycles. The molecule has 1 aliphatic heterocycles. The van der Waals surface area contributed by atoms with E-state index in [1.165, 1.54) is 12.2 Å². The van der Waals surface area contributed by atoms with Crippen LogP contribution in [0.15, 0.2) is 24.3 Å². The van der Waals surface area contributed by atoms with E-state index in [0.29, 0.717) is 5.57 Å². The van der Waals surface area contributed by atoms with Crippen LogP contribution >= 0.6 is 0 Å². The van der Waals surface area contributed by atoms with Gasteiger partial charge in [0.15, 0.2) is 0 Å². The van der Waals surface area contributed by atoms with E-state index < -0.39 is 18.9 Å². The lowest BCUT2D eigenvalue weighted by atomic mass is 10.0. The Morgan fingerprint density at radius 2 is 2.05 bits per heavy atom. The van der Waals surface area contributed by atoms with E-state index in [0.717, 1.165) is 25.9 Å². The summed E-state index contributed by atoms with van der Waals surface area (Å²) in [5.74, 6) is -0.105. The zero-order valence-electron chi connectivity index (χ0n) is 11.2. The quantitative estimate of drug-likeness (QED) is 0.722. The number of nitrogens with two attached hydrogens (primary N) is 1. The summed E-state index contributed by atoms with van der Waals surface area (Å²) < 4.78 is 25.3. The highest BCUT2D eigenvalue weighted by Gasteiger charge is 2.24. The van der Waals surface area contributed by atoms with Crippen molar-refractivity contribution in [3.8, 4) is 0 Å². The number of carbonyl (C=O) groups excluding carboxylic acids is 1. The molecule has 1 aliphatic rings. The number of hydrogen-bond acceptors (Lipinski definition) is 2. The van der Waals surface area contributed by atoms with Crippen molar-refractivity contribution in [2.24, 2.45) is 5.73 Å². The van der Waals surface area contributed by atoms with Crippen LogP contribution in [-0.4, -0.2) is 42.8 Å². The van der Waals surface area contributed by atoms with Crippen LogP contribution in [0.4, 0.5) is 8.78 Å². The van der Waals surface area contributed by atoms with Gasteiger partial charge in [0.2, 0.25) is 5.91 Å². The number of rotatable bonds is 7. The summed E-state index contributed by atoms with van der Waals surface area (Å²) in [6.07, 6.45) is 3.49. The lowest BCUT2D eigenvalue weighted by Gasteiger charge is -2.20. The van der Waals surface area contributed by atoms with Crippen molar-refractivity contribution >= 4 is 5.91 Å². The molecule has 2 atom stereocenters. The zero-order valence-corrected chi connectivity index (χ0v) is 11.2. The molecule has 3 nitrogen and oxygen atoms in total. The number of alkyl halides is 2. The van der Waals surface area contributed by atoms with Crippen LogP contribution in [-0.2, 0) is 4.79 Å². The molecule has 0 aromatic rings. The van der Waals surface area contributed by atoms with E-state index in [1.54, 1.807) is 4.90 Å². The zero-order chi connectivity index (χ0) is 14.3. The summed E-state index contributed by atoms with van der Waals surface area (Å²) in [6, 6.07) is -0.681. The molecule has 19 heavy (non-hydrogen) atoms. The molecule has 0 saturated carbocycles. The number of hydrogen-bond donors (Lipinski definition) is 1. The van der Waals surface area contributed by atoms with Gasteiger partial charge in [0.1, 0.15) is 6.17 Å². The molecule has 0 aromatic carbocycles. The summed E-state index contributed by atoms with van der Waals surface area (Å²) >= 11 is 0. The summed E-state index contributed by atoms with van der Waals surface area (Å²) in [6.45, 7) is 4.35. The maximum Gasteiger partial charge on any atom is 0.239 e. The Morgan fingerprint density at radius 3 is 2.58 bits per heavy atom. The molecular formula is C14H22F2N2O. The van der Waals surface area contributed by atoms with Gasteiger partial charge < -0.3 is 10.6 Å². The number of carbonyl (C=O) groups is 1. The Hall–Kier alpha value is -1.23. The van der Waals surface area contributed by atoms with Gasteiger partial charge in [-0.15, -0.1) is 0 Å². The van der Waals surface area contributed by atoms with Crippen LogP contribution in [0.1, 0.15) is 25.7 Å². The fourth-order valence-electron chi connectivity index (χ4n) is 2.15. The number of likely N-dealkylation sites (tertiary alicyclic amines) is 1. The van der Waals surface area contributed by atoms with Crippen molar-refractivity contribution in [3.05, 3.63) is 24.3 Å². The van der Waals surface area contributed by atoms with Crippen LogP contribution in [0.2, 0.25) is 0 Å². The lowest BCUT2D eigenvalue weighted by Crippen LogP contribution is -2.42. The fourth-order valence-corrected chi connectivity index (χ4v) is 2.15. The van der Waals surface area contributed by atoms with E-state index in [-0.39, 0.29) is 18.7 Å². The Bertz CT molecular complexity index is 338. The monoisotopic (exact) mass is 272 g/mol. The Morgan fingerprint density at radius 1 is 1.42 bits per heavy atom. The van der Waals surface area contributed by atoms with Gasteiger partial charge in [-0.3, -0.25) is 9.18 Å². The molecule has 1 fully saturated rings. The van der Waals surface area contributed by atoms with Crippen molar-refractivity contribution in [1.82, 2.24) is 4.90 Å². The van der Waals surface area contributed by atoms with Crippen LogP contribution in [0.3, 0.4) is 0 Å². The highest BCUT2D eigenvalue weighted by Crippen LogP contribution is 2.14. The van der Waals surface area contributed by atoms with Crippen molar-refractivity contribution in [3.63, 3.8) is 0 Å². The lowest BCUT2D eigenvalue weighted by molar-refractivity contribution is -0.131. The fraction of sp³-hybridized carbons (Fsp3) is 0.643. The molecule has 0 aromatic heterocycles. The third-order valence-electron chi connectivity index (χ3n) is 3.23. The molecule has 1 rings (SSSR count). The minimum absolute atomic E-state index is 0.105. The van der Waals surface area contributed by atoms with E-state index in [4.69, 9.17) is 5.73 Å². The van der Waals surface area contributed by atoms with Crippen LogP contribution in [0.25, 0.3) is 0 Å². The number of allylic oxidation sites excluding steroid dienone is 2. The molecule has 1 saturated heterocycles. The molecule has 0 spiro atoms. The maximum atomic E-state index is 13.3. The largest absolute Gasteiger partial charge is 0.341 e. The maximum absolute atomic E-state index is 13.3. The molecule has 2 N–H and O–H groups in total. The van der Waals surface area contributed by atoms with Gasteiger partial charge in [0.25, 0.3) is 0 Å². The first-order valence-corrected chi connectivity index (χ1v) is 6.66. The van der Waals surface area contributed by atoms with Gasteiger partial charge in [-0.2, -0.15) is 0 Å². The molecule has 1 unspecified atom stereocenters. The topological polar surface area (TPSA) is 46.3 Å². The highest BCUT2D eigenvalue weighted by molar-refractivity contribution is 5.82. The first kappa shape index (κ1) is 15.8. The smallest absolute Gasteiger partial charge is 0.239 e. The van der Waals surface area contributed by atoms with Gasteiger partial charge in [-0.1, -0.05) is 12.7 Å². The van der Waals surface area contributed by atoms with Gasteiger partial charge in [-0.05, 0) is 30.9 Å². The van der Waals surface area contributed by atoms with E-state index in [1.807, 2.05) is 0 Å². The second kappa shape index (κ2) is 8.04. The molecule has 1 amide bonds. The van der Waals surface area contributed by atoms with Crippen molar-refractivity contribution in [1.29, 1.82) is 0 Å². The number of halogens is 2. The summed E-state index contributed by atoms with van der Waals surface area (Å²) in [4.78, 5) is 13.7. The second-order valence-electron chi connectivity index (χ2n) is 4.78. The SMILES string of the molecule is C=C/C(=C\C(F)CCF)C[C@H](N)C(=O)N1CCCC1. The van der Waals surface area contributed by atoms with Crippen molar-refractivity contribution in [2.75, 3.05) is 19.8 Å². The predicted octanol–water partition coefficient (Wildman–Crippen LogP) is 2.14. The first-order chi connectivity index (χ1) is 9.08. The third kappa shape index (κ3) is 5.11. The number of nitrogens with zero attached hydrogens (tertiary/aromatic N) is 1. The average molecular weight is 272 g/mol. The van der Waals surface area contributed by atoms with E-state index in [9.17, 15) is 13.6 Å². The van der Waals surface area contributed by atoms with Crippen molar-refractivity contribution < 1.29 is 13.6 Å².